The van der Waals surface area contributed by atoms with Crippen LogP contribution in [-0.4, -0.2) is 19.1 Å². The number of amides is 1. The van der Waals surface area contributed by atoms with Crippen LogP contribution in [0.5, 0.6) is 5.75 Å². The molecule has 0 bridgehead atoms. The largest absolute Gasteiger partial charge is 0.479 e. The summed E-state index contributed by atoms with van der Waals surface area (Å²) in [5.41, 5.74) is 7.01. The zero-order valence-corrected chi connectivity index (χ0v) is 10.0. The lowest BCUT2D eigenvalue weighted by molar-refractivity contribution is -0.125. The van der Waals surface area contributed by atoms with Crippen LogP contribution < -0.4 is 15.4 Å². The number of likely N-dealkylation sites (N-methyl/N-ethyl adjacent to an activating group) is 1. The van der Waals surface area contributed by atoms with Crippen LogP contribution in [0.4, 0.5) is 11.4 Å². The van der Waals surface area contributed by atoms with Gasteiger partial charge in [-0.15, -0.1) is 0 Å². The molecule has 1 aromatic rings. The van der Waals surface area contributed by atoms with Gasteiger partial charge < -0.3 is 15.4 Å². The molecule has 4 nitrogen and oxygen atoms in total. The van der Waals surface area contributed by atoms with Crippen molar-refractivity contribution in [2.24, 2.45) is 0 Å². The number of carbonyl (C=O) groups excluding carboxylic acids is 1. The maximum Gasteiger partial charge on any atom is 0.267 e. The van der Waals surface area contributed by atoms with E-state index >= 15 is 0 Å². The predicted molar refractivity (Wildman–Crippen MR) is 62.1 cm³/mol. The average Bonchev–Trinajstić information content (AvgIpc) is 2.13. The fourth-order valence-corrected chi connectivity index (χ4v) is 2.12. The SMILES string of the molecule is CC1Oc2cc(Br)cc(N)c2N(C)C1=O. The lowest BCUT2D eigenvalue weighted by Crippen LogP contribution is -2.42. The van der Waals surface area contributed by atoms with Crippen LogP contribution in [0.15, 0.2) is 16.6 Å². The molecule has 1 aromatic carbocycles. The number of fused-ring (bicyclic) bond motifs is 1. The first kappa shape index (κ1) is 10.3. The van der Waals surface area contributed by atoms with Crippen LogP contribution >= 0.6 is 15.9 Å². The van der Waals surface area contributed by atoms with Crippen molar-refractivity contribution in [2.45, 2.75) is 13.0 Å². The fraction of sp³-hybridized carbons (Fsp3) is 0.300. The molecule has 1 heterocycles. The minimum atomic E-state index is -0.462. The number of benzene rings is 1. The Morgan fingerprint density at radius 2 is 2.20 bits per heavy atom. The molecular weight excluding hydrogens is 260 g/mol. The van der Waals surface area contributed by atoms with Gasteiger partial charge in [-0.05, 0) is 19.1 Å². The van der Waals surface area contributed by atoms with Crippen molar-refractivity contribution in [3.8, 4) is 5.75 Å². The summed E-state index contributed by atoms with van der Waals surface area (Å²) in [7, 11) is 1.70. The zero-order valence-electron chi connectivity index (χ0n) is 8.45. The Labute approximate surface area is 96.1 Å². The third-order valence-corrected chi connectivity index (χ3v) is 2.84. The summed E-state index contributed by atoms with van der Waals surface area (Å²) >= 11 is 3.33. The van der Waals surface area contributed by atoms with Crippen molar-refractivity contribution in [1.82, 2.24) is 0 Å². The molecule has 1 unspecified atom stereocenters. The molecule has 0 aromatic heterocycles. The lowest BCUT2D eigenvalue weighted by Gasteiger charge is -2.31. The first-order valence-electron chi connectivity index (χ1n) is 4.54. The number of ether oxygens (including phenoxy) is 1. The number of halogens is 1. The van der Waals surface area contributed by atoms with Crippen molar-refractivity contribution in [1.29, 1.82) is 0 Å². The molecule has 1 aliphatic heterocycles. The standard InChI is InChI=1S/C10H11BrN2O2/c1-5-10(14)13(2)9-7(12)3-6(11)4-8(9)15-5/h3-5H,12H2,1-2H3. The van der Waals surface area contributed by atoms with E-state index in [1.54, 1.807) is 20.0 Å². The average molecular weight is 271 g/mol. The van der Waals surface area contributed by atoms with E-state index in [1.807, 2.05) is 6.07 Å². The Morgan fingerprint density at radius 3 is 2.87 bits per heavy atom. The van der Waals surface area contributed by atoms with Gasteiger partial charge in [-0.25, -0.2) is 0 Å². The van der Waals surface area contributed by atoms with E-state index in [1.165, 1.54) is 4.90 Å². The van der Waals surface area contributed by atoms with Crippen LogP contribution in [-0.2, 0) is 4.79 Å². The van der Waals surface area contributed by atoms with Gasteiger partial charge >= 0.3 is 0 Å². The van der Waals surface area contributed by atoms with Gasteiger partial charge in [0, 0.05) is 11.5 Å². The summed E-state index contributed by atoms with van der Waals surface area (Å²) in [6, 6.07) is 3.56. The number of hydrogen-bond donors (Lipinski definition) is 1. The second-order valence-electron chi connectivity index (χ2n) is 3.50. The Hall–Kier alpha value is -1.23. The topological polar surface area (TPSA) is 55.6 Å². The highest BCUT2D eigenvalue weighted by Gasteiger charge is 2.30. The molecule has 2 N–H and O–H groups in total. The number of anilines is 2. The summed E-state index contributed by atoms with van der Waals surface area (Å²) in [6.45, 7) is 1.72. The maximum absolute atomic E-state index is 11.7. The van der Waals surface area contributed by atoms with Crippen molar-refractivity contribution < 1.29 is 9.53 Å². The predicted octanol–water partition coefficient (Wildman–Crippen LogP) is 1.77. The van der Waals surface area contributed by atoms with Gasteiger partial charge in [-0.3, -0.25) is 4.79 Å². The van der Waals surface area contributed by atoms with Crippen LogP contribution in [0.2, 0.25) is 0 Å². The van der Waals surface area contributed by atoms with E-state index < -0.39 is 6.10 Å². The van der Waals surface area contributed by atoms with Crippen LogP contribution in [0, 0.1) is 0 Å². The smallest absolute Gasteiger partial charge is 0.267 e. The number of nitrogens with two attached hydrogens (primary N) is 1. The first-order chi connectivity index (χ1) is 7.00. The van der Waals surface area contributed by atoms with Gasteiger partial charge in [0.15, 0.2) is 6.10 Å². The quantitative estimate of drug-likeness (QED) is 0.732. The van der Waals surface area contributed by atoms with E-state index in [2.05, 4.69) is 15.9 Å². The van der Waals surface area contributed by atoms with Gasteiger partial charge in [-0.1, -0.05) is 15.9 Å². The highest BCUT2D eigenvalue weighted by Crippen LogP contribution is 2.40. The normalized spacial score (nSPS) is 19.8. The van der Waals surface area contributed by atoms with E-state index in [9.17, 15) is 4.79 Å². The molecule has 0 aliphatic carbocycles. The Bertz CT molecular complexity index is 434. The molecule has 1 aliphatic rings. The zero-order chi connectivity index (χ0) is 11.2. The summed E-state index contributed by atoms with van der Waals surface area (Å²) in [5.74, 6) is 0.549. The molecule has 0 radical (unpaired) electrons. The van der Waals surface area contributed by atoms with Crippen LogP contribution in [0.3, 0.4) is 0 Å². The summed E-state index contributed by atoms with van der Waals surface area (Å²) in [5, 5.41) is 0. The van der Waals surface area contributed by atoms with E-state index in [0.29, 0.717) is 17.1 Å². The number of rotatable bonds is 0. The molecule has 0 spiro atoms. The van der Waals surface area contributed by atoms with Gasteiger partial charge in [0.1, 0.15) is 11.4 Å². The van der Waals surface area contributed by atoms with Crippen LogP contribution in [0.1, 0.15) is 6.92 Å². The van der Waals surface area contributed by atoms with Crippen molar-refractivity contribution in [3.05, 3.63) is 16.6 Å². The summed E-state index contributed by atoms with van der Waals surface area (Å²) in [4.78, 5) is 13.2. The number of carbonyl (C=O) groups is 1. The summed E-state index contributed by atoms with van der Waals surface area (Å²) in [6.07, 6.45) is -0.462. The minimum Gasteiger partial charge on any atom is -0.479 e. The van der Waals surface area contributed by atoms with E-state index in [0.717, 1.165) is 4.47 Å². The number of nitrogens with zero attached hydrogens (tertiary/aromatic N) is 1. The van der Waals surface area contributed by atoms with Crippen molar-refractivity contribution in [3.63, 3.8) is 0 Å². The highest BCUT2D eigenvalue weighted by molar-refractivity contribution is 9.10. The molecule has 80 valence electrons. The Morgan fingerprint density at radius 1 is 1.53 bits per heavy atom. The molecule has 0 fully saturated rings. The van der Waals surface area contributed by atoms with E-state index in [-0.39, 0.29) is 5.91 Å². The third kappa shape index (κ3) is 1.56. The monoisotopic (exact) mass is 270 g/mol. The van der Waals surface area contributed by atoms with Gasteiger partial charge in [0.25, 0.3) is 5.91 Å². The second kappa shape index (κ2) is 3.41. The molecule has 1 atom stereocenters. The van der Waals surface area contributed by atoms with Crippen molar-refractivity contribution in [2.75, 3.05) is 17.7 Å². The minimum absolute atomic E-state index is 0.0866. The van der Waals surface area contributed by atoms with Gasteiger partial charge in [0.2, 0.25) is 0 Å². The molecule has 15 heavy (non-hydrogen) atoms. The van der Waals surface area contributed by atoms with Crippen LogP contribution in [0.25, 0.3) is 0 Å². The highest BCUT2D eigenvalue weighted by atomic mass is 79.9. The second-order valence-corrected chi connectivity index (χ2v) is 4.41. The molecule has 5 heteroatoms. The van der Waals surface area contributed by atoms with Gasteiger partial charge in [-0.2, -0.15) is 0 Å². The Kier molecular flexibility index (Phi) is 2.34. The first-order valence-corrected chi connectivity index (χ1v) is 5.33. The number of hydrogen-bond acceptors (Lipinski definition) is 3. The number of nitrogen functional groups attached to an aromatic ring is 1. The molecule has 2 rings (SSSR count). The molecule has 0 saturated carbocycles. The fourth-order valence-electron chi connectivity index (χ4n) is 1.67. The molecule has 0 saturated heterocycles. The molecular formula is C10H11BrN2O2. The summed E-state index contributed by atoms with van der Waals surface area (Å²) < 4.78 is 6.32. The van der Waals surface area contributed by atoms with Crippen molar-refractivity contribution >= 4 is 33.2 Å². The Balaban J connectivity index is 2.60. The molecule has 1 amide bonds. The van der Waals surface area contributed by atoms with Gasteiger partial charge in [0.05, 0.1) is 5.69 Å². The van der Waals surface area contributed by atoms with E-state index in [4.69, 9.17) is 10.5 Å². The lowest BCUT2D eigenvalue weighted by atomic mass is 10.2. The maximum atomic E-state index is 11.7. The third-order valence-electron chi connectivity index (χ3n) is 2.39.